The Morgan fingerprint density at radius 1 is 1.19 bits per heavy atom. The second-order valence-electron chi connectivity index (χ2n) is 6.14. The van der Waals surface area contributed by atoms with Gasteiger partial charge in [0.05, 0.1) is 6.54 Å². The van der Waals surface area contributed by atoms with E-state index in [1.807, 2.05) is 30.3 Å². The third-order valence-electron chi connectivity index (χ3n) is 4.28. The summed E-state index contributed by atoms with van der Waals surface area (Å²) in [6, 6.07) is 15.4. The van der Waals surface area contributed by atoms with Crippen LogP contribution in [0.15, 0.2) is 65.3 Å². The van der Waals surface area contributed by atoms with E-state index in [1.54, 1.807) is 17.0 Å². The van der Waals surface area contributed by atoms with Crippen molar-refractivity contribution in [3.8, 4) is 17.2 Å². The summed E-state index contributed by atoms with van der Waals surface area (Å²) >= 11 is 0. The van der Waals surface area contributed by atoms with Gasteiger partial charge in [0.2, 0.25) is 5.89 Å². The van der Waals surface area contributed by atoms with Gasteiger partial charge in [-0.25, -0.2) is 9.37 Å². The van der Waals surface area contributed by atoms with Crippen molar-refractivity contribution in [3.63, 3.8) is 0 Å². The molecule has 2 heterocycles. The minimum atomic E-state index is -0.343. The summed E-state index contributed by atoms with van der Waals surface area (Å²) in [6.07, 6.45) is 1.90. The minimum absolute atomic E-state index is 0.166. The molecule has 1 aliphatic rings. The molecule has 1 unspecified atom stereocenters. The zero-order valence-electron chi connectivity index (χ0n) is 14.0. The number of oxazole rings is 1. The van der Waals surface area contributed by atoms with Crippen LogP contribution in [-0.4, -0.2) is 35.0 Å². The number of hydrogen-bond donors (Lipinski definition) is 0. The number of carbonyl (C=O) groups is 1. The molecule has 26 heavy (non-hydrogen) atoms. The van der Waals surface area contributed by atoms with Gasteiger partial charge in [-0.3, -0.25) is 4.79 Å². The smallest absolute Gasteiger partial charge is 0.275 e. The van der Waals surface area contributed by atoms with E-state index in [0.717, 1.165) is 5.56 Å². The van der Waals surface area contributed by atoms with Crippen LogP contribution in [0.1, 0.15) is 16.9 Å². The molecule has 132 valence electrons. The highest BCUT2D eigenvalue weighted by Crippen LogP contribution is 2.22. The van der Waals surface area contributed by atoms with Gasteiger partial charge in [-0.2, -0.15) is 0 Å². The quantitative estimate of drug-likeness (QED) is 0.717. The number of ether oxygens (including phenoxy) is 1. The van der Waals surface area contributed by atoms with Gasteiger partial charge in [-0.15, -0.1) is 0 Å². The second-order valence-corrected chi connectivity index (χ2v) is 6.14. The van der Waals surface area contributed by atoms with Crippen molar-refractivity contribution in [3.05, 3.63) is 72.4 Å². The lowest BCUT2D eigenvalue weighted by molar-refractivity contribution is 0.0766. The van der Waals surface area contributed by atoms with Crippen LogP contribution in [0.2, 0.25) is 0 Å². The molecular weight excluding hydrogens is 335 g/mol. The predicted octanol–water partition coefficient (Wildman–Crippen LogP) is 3.77. The summed E-state index contributed by atoms with van der Waals surface area (Å²) in [5.41, 5.74) is 1.09. The number of halogens is 1. The fraction of sp³-hybridized carbons (Fsp3) is 0.200. The van der Waals surface area contributed by atoms with Gasteiger partial charge in [0.15, 0.2) is 5.69 Å². The number of aromatic nitrogens is 1. The van der Waals surface area contributed by atoms with Crippen molar-refractivity contribution in [1.82, 2.24) is 9.88 Å². The Bertz CT molecular complexity index is 910. The minimum Gasteiger partial charge on any atom is -0.488 e. The number of nitrogens with zero attached hydrogens (tertiary/aromatic N) is 2. The fourth-order valence-electron chi connectivity index (χ4n) is 2.99. The topological polar surface area (TPSA) is 55.6 Å². The van der Waals surface area contributed by atoms with Crippen LogP contribution in [0.3, 0.4) is 0 Å². The number of benzene rings is 2. The lowest BCUT2D eigenvalue weighted by atomic mass is 10.2. The molecule has 1 aromatic heterocycles. The molecule has 1 amide bonds. The Balaban J connectivity index is 1.41. The zero-order valence-corrected chi connectivity index (χ0v) is 14.0. The van der Waals surface area contributed by atoms with Crippen molar-refractivity contribution in [1.29, 1.82) is 0 Å². The molecule has 0 bridgehead atoms. The summed E-state index contributed by atoms with van der Waals surface area (Å²) in [5.74, 6) is 0.351. The maximum absolute atomic E-state index is 13.2. The average molecular weight is 352 g/mol. The van der Waals surface area contributed by atoms with Crippen molar-refractivity contribution in [2.24, 2.45) is 0 Å². The maximum Gasteiger partial charge on any atom is 0.275 e. The molecule has 1 aliphatic heterocycles. The highest BCUT2D eigenvalue weighted by molar-refractivity contribution is 5.92. The average Bonchev–Trinajstić information content (AvgIpc) is 3.32. The van der Waals surface area contributed by atoms with Gasteiger partial charge in [0.1, 0.15) is 23.9 Å². The molecule has 1 saturated heterocycles. The van der Waals surface area contributed by atoms with Crippen LogP contribution in [0, 0.1) is 5.82 Å². The van der Waals surface area contributed by atoms with E-state index >= 15 is 0 Å². The summed E-state index contributed by atoms with van der Waals surface area (Å²) < 4.78 is 24.5. The van der Waals surface area contributed by atoms with E-state index in [-0.39, 0.29) is 23.5 Å². The van der Waals surface area contributed by atoms with E-state index in [4.69, 9.17) is 9.15 Å². The molecule has 0 aliphatic carbocycles. The third kappa shape index (κ3) is 3.44. The monoisotopic (exact) mass is 352 g/mol. The molecule has 3 aromatic rings. The molecule has 2 aromatic carbocycles. The van der Waals surface area contributed by atoms with Crippen LogP contribution in [0.25, 0.3) is 11.5 Å². The van der Waals surface area contributed by atoms with Gasteiger partial charge >= 0.3 is 0 Å². The highest BCUT2D eigenvalue weighted by Gasteiger charge is 2.30. The SMILES string of the molecule is O=C(c1coc(-c2ccccc2)n1)N1CCC(Oc2cccc(F)c2)C1. The number of rotatable bonds is 4. The molecule has 6 heteroatoms. The van der Waals surface area contributed by atoms with Gasteiger partial charge < -0.3 is 14.1 Å². The maximum atomic E-state index is 13.2. The lowest BCUT2D eigenvalue weighted by Gasteiger charge is -2.16. The first-order valence-corrected chi connectivity index (χ1v) is 8.41. The second kappa shape index (κ2) is 7.00. The van der Waals surface area contributed by atoms with Crippen LogP contribution < -0.4 is 4.74 Å². The molecule has 0 saturated carbocycles. The fourth-order valence-corrected chi connectivity index (χ4v) is 2.99. The van der Waals surface area contributed by atoms with E-state index in [9.17, 15) is 9.18 Å². The van der Waals surface area contributed by atoms with E-state index in [0.29, 0.717) is 31.2 Å². The number of likely N-dealkylation sites (tertiary alicyclic amines) is 1. The van der Waals surface area contributed by atoms with Crippen LogP contribution >= 0.6 is 0 Å². The van der Waals surface area contributed by atoms with Gasteiger partial charge in [-0.05, 0) is 24.3 Å². The standard InChI is InChI=1S/C20H17FN2O3/c21-15-7-4-8-16(11-15)26-17-9-10-23(12-17)20(24)18-13-25-19(22-18)14-5-2-1-3-6-14/h1-8,11,13,17H,9-10,12H2. The predicted molar refractivity (Wildman–Crippen MR) is 93.3 cm³/mol. The van der Waals surface area contributed by atoms with E-state index in [1.165, 1.54) is 18.4 Å². The lowest BCUT2D eigenvalue weighted by Crippen LogP contribution is -2.31. The first-order chi connectivity index (χ1) is 12.7. The molecule has 0 spiro atoms. The van der Waals surface area contributed by atoms with Crippen molar-refractivity contribution in [2.45, 2.75) is 12.5 Å². The molecular formula is C20H17FN2O3. The summed E-state index contributed by atoms with van der Waals surface area (Å²) in [6.45, 7) is 0.995. The Hall–Kier alpha value is -3.15. The van der Waals surface area contributed by atoms with Crippen LogP contribution in [-0.2, 0) is 0 Å². The van der Waals surface area contributed by atoms with Crippen molar-refractivity contribution < 1.29 is 18.3 Å². The Morgan fingerprint density at radius 3 is 2.85 bits per heavy atom. The molecule has 0 radical (unpaired) electrons. The summed E-state index contributed by atoms with van der Waals surface area (Å²) in [5, 5.41) is 0. The van der Waals surface area contributed by atoms with Gasteiger partial charge in [-0.1, -0.05) is 24.3 Å². The van der Waals surface area contributed by atoms with E-state index < -0.39 is 0 Å². The van der Waals surface area contributed by atoms with E-state index in [2.05, 4.69) is 4.98 Å². The molecule has 1 fully saturated rings. The first-order valence-electron chi connectivity index (χ1n) is 8.41. The number of amides is 1. The van der Waals surface area contributed by atoms with Crippen LogP contribution in [0.4, 0.5) is 4.39 Å². The summed E-state index contributed by atoms with van der Waals surface area (Å²) in [7, 11) is 0. The largest absolute Gasteiger partial charge is 0.488 e. The third-order valence-corrected chi connectivity index (χ3v) is 4.28. The van der Waals surface area contributed by atoms with Crippen molar-refractivity contribution >= 4 is 5.91 Å². The summed E-state index contributed by atoms with van der Waals surface area (Å²) in [4.78, 5) is 18.6. The normalized spacial score (nSPS) is 16.7. The molecule has 1 atom stereocenters. The zero-order chi connectivity index (χ0) is 17.9. The Labute approximate surface area is 150 Å². The van der Waals surface area contributed by atoms with Gasteiger partial charge in [0.25, 0.3) is 5.91 Å². The highest BCUT2D eigenvalue weighted by atomic mass is 19.1. The Morgan fingerprint density at radius 2 is 2.04 bits per heavy atom. The molecule has 0 N–H and O–H groups in total. The van der Waals surface area contributed by atoms with Crippen molar-refractivity contribution in [2.75, 3.05) is 13.1 Å². The van der Waals surface area contributed by atoms with Gasteiger partial charge in [0, 0.05) is 24.6 Å². The molecule has 4 rings (SSSR count). The number of hydrogen-bond acceptors (Lipinski definition) is 4. The first kappa shape index (κ1) is 16.3. The molecule has 5 nitrogen and oxygen atoms in total. The van der Waals surface area contributed by atoms with Crippen LogP contribution in [0.5, 0.6) is 5.75 Å². The Kier molecular flexibility index (Phi) is 4.39. The number of carbonyl (C=O) groups excluding carboxylic acids is 1.